The molecule has 1 aromatic carbocycles. The Morgan fingerprint density at radius 1 is 1.33 bits per heavy atom. The third-order valence-electron chi connectivity index (χ3n) is 3.91. The van der Waals surface area contributed by atoms with Gasteiger partial charge in [0.25, 0.3) is 0 Å². The molecule has 0 bridgehead atoms. The predicted octanol–water partition coefficient (Wildman–Crippen LogP) is 3.93. The average molecular weight is 298 g/mol. The van der Waals surface area contributed by atoms with Crippen LogP contribution in [0.1, 0.15) is 22.8 Å². The first kappa shape index (κ1) is 14.0. The number of carbonyl (C=O) groups is 1. The van der Waals surface area contributed by atoms with Crippen LogP contribution in [0, 0.1) is 0 Å². The summed E-state index contributed by atoms with van der Waals surface area (Å²) < 4.78 is 0. The zero-order valence-electron chi connectivity index (χ0n) is 12.2. The van der Waals surface area contributed by atoms with Crippen LogP contribution in [0.2, 0.25) is 0 Å². The van der Waals surface area contributed by atoms with E-state index >= 15 is 0 Å². The Labute approximate surface area is 128 Å². The minimum Gasteiger partial charge on any atom is -0.360 e. The van der Waals surface area contributed by atoms with Crippen LogP contribution in [0.3, 0.4) is 0 Å². The normalized spacial score (nSPS) is 12.9. The number of para-hydroxylation sites is 1. The van der Waals surface area contributed by atoms with Gasteiger partial charge >= 0.3 is 0 Å². The molecule has 0 aliphatic heterocycles. The average Bonchev–Trinajstić information content (AvgIpc) is 3.14. The van der Waals surface area contributed by atoms with Crippen molar-refractivity contribution in [3.63, 3.8) is 0 Å². The molecule has 0 radical (unpaired) electrons. The van der Waals surface area contributed by atoms with Crippen LogP contribution in [0.15, 0.2) is 47.3 Å². The number of nitrogens with one attached hydrogen (secondary N) is 1. The van der Waals surface area contributed by atoms with Gasteiger partial charge < -0.3 is 4.98 Å². The van der Waals surface area contributed by atoms with Crippen molar-refractivity contribution in [3.8, 4) is 0 Å². The Hall–Kier alpha value is -1.91. The first-order chi connectivity index (χ1) is 10.2. The highest BCUT2D eigenvalue weighted by atomic mass is 32.1. The maximum atomic E-state index is 12.7. The fourth-order valence-electron chi connectivity index (χ4n) is 2.51. The van der Waals surface area contributed by atoms with Gasteiger partial charge in [0.1, 0.15) is 0 Å². The third kappa shape index (κ3) is 2.77. The van der Waals surface area contributed by atoms with Gasteiger partial charge in [0.15, 0.2) is 5.78 Å². The molecule has 0 aliphatic carbocycles. The standard InChI is InChI=1S/C17H18N2OS/c1-12(19(2)10-13-7-8-21-11-13)17(20)15-9-18-16-6-4-3-5-14(15)16/h3-9,11-12,18H,10H2,1-2H3/t12-/m1/s1. The zero-order chi connectivity index (χ0) is 14.8. The minimum atomic E-state index is -0.149. The van der Waals surface area contributed by atoms with Crippen molar-refractivity contribution in [1.29, 1.82) is 0 Å². The van der Waals surface area contributed by atoms with Gasteiger partial charge in [-0.1, -0.05) is 18.2 Å². The number of rotatable bonds is 5. The molecule has 3 nitrogen and oxygen atoms in total. The summed E-state index contributed by atoms with van der Waals surface area (Å²) in [5.41, 5.74) is 3.03. The molecule has 0 amide bonds. The smallest absolute Gasteiger partial charge is 0.181 e. The number of hydrogen-bond acceptors (Lipinski definition) is 3. The molecule has 4 heteroatoms. The molecule has 3 rings (SSSR count). The number of thiophene rings is 1. The van der Waals surface area contributed by atoms with Crippen LogP contribution in [0.5, 0.6) is 0 Å². The van der Waals surface area contributed by atoms with Crippen molar-refractivity contribution < 1.29 is 4.79 Å². The summed E-state index contributed by atoms with van der Waals surface area (Å²) in [6, 6.07) is 9.87. The van der Waals surface area contributed by atoms with E-state index < -0.39 is 0 Å². The van der Waals surface area contributed by atoms with Crippen molar-refractivity contribution in [1.82, 2.24) is 9.88 Å². The molecule has 0 saturated heterocycles. The van der Waals surface area contributed by atoms with Crippen molar-refractivity contribution >= 4 is 28.0 Å². The highest BCUT2D eigenvalue weighted by molar-refractivity contribution is 7.07. The Morgan fingerprint density at radius 2 is 2.14 bits per heavy atom. The van der Waals surface area contributed by atoms with Crippen molar-refractivity contribution in [3.05, 3.63) is 58.4 Å². The number of aromatic nitrogens is 1. The predicted molar refractivity (Wildman–Crippen MR) is 87.9 cm³/mol. The van der Waals surface area contributed by atoms with Crippen LogP contribution in [-0.4, -0.2) is 28.8 Å². The van der Waals surface area contributed by atoms with Crippen LogP contribution in [0.25, 0.3) is 10.9 Å². The molecule has 0 saturated carbocycles. The van der Waals surface area contributed by atoms with E-state index in [0.717, 1.165) is 23.0 Å². The summed E-state index contributed by atoms with van der Waals surface area (Å²) in [6.07, 6.45) is 1.82. The Morgan fingerprint density at radius 3 is 2.90 bits per heavy atom. The largest absolute Gasteiger partial charge is 0.360 e. The number of hydrogen-bond donors (Lipinski definition) is 1. The van der Waals surface area contributed by atoms with Gasteiger partial charge in [-0.25, -0.2) is 0 Å². The number of Topliss-reactive ketones (excluding diaryl/α,β-unsaturated/α-hetero) is 1. The van der Waals surface area contributed by atoms with Crippen molar-refractivity contribution in [2.45, 2.75) is 19.5 Å². The second kappa shape index (κ2) is 5.84. The molecule has 2 heterocycles. The van der Waals surface area contributed by atoms with E-state index in [1.807, 2.05) is 44.4 Å². The van der Waals surface area contributed by atoms with Gasteiger partial charge in [-0.2, -0.15) is 11.3 Å². The number of benzene rings is 1. The van der Waals surface area contributed by atoms with E-state index in [1.54, 1.807) is 11.3 Å². The molecule has 108 valence electrons. The second-order valence-corrected chi connectivity index (χ2v) is 6.11. The lowest BCUT2D eigenvalue weighted by molar-refractivity contribution is 0.0864. The van der Waals surface area contributed by atoms with Gasteiger partial charge in [-0.15, -0.1) is 0 Å². The lowest BCUT2D eigenvalue weighted by Crippen LogP contribution is -2.35. The van der Waals surface area contributed by atoms with Crippen LogP contribution in [-0.2, 0) is 6.54 Å². The summed E-state index contributed by atoms with van der Waals surface area (Å²) in [5, 5.41) is 5.19. The van der Waals surface area contributed by atoms with Gasteiger partial charge in [0.05, 0.1) is 6.04 Å². The molecule has 0 fully saturated rings. The number of aromatic amines is 1. The van der Waals surface area contributed by atoms with E-state index in [9.17, 15) is 4.79 Å². The summed E-state index contributed by atoms with van der Waals surface area (Å²) in [5.74, 6) is 0.158. The highest BCUT2D eigenvalue weighted by Gasteiger charge is 2.22. The minimum absolute atomic E-state index is 0.149. The molecule has 0 aliphatic rings. The Balaban J connectivity index is 1.80. The molecule has 0 unspecified atom stereocenters. The maximum Gasteiger partial charge on any atom is 0.181 e. The number of fused-ring (bicyclic) bond motifs is 1. The molecule has 2 aromatic heterocycles. The fourth-order valence-corrected chi connectivity index (χ4v) is 3.17. The van der Waals surface area contributed by atoms with E-state index in [-0.39, 0.29) is 11.8 Å². The van der Waals surface area contributed by atoms with Crippen LogP contribution >= 0.6 is 11.3 Å². The van der Waals surface area contributed by atoms with Crippen molar-refractivity contribution in [2.75, 3.05) is 7.05 Å². The third-order valence-corrected chi connectivity index (χ3v) is 4.64. The molecule has 1 N–H and O–H groups in total. The fraction of sp³-hybridized carbons (Fsp3) is 0.235. The van der Waals surface area contributed by atoms with Gasteiger partial charge in [0.2, 0.25) is 0 Å². The number of nitrogens with zero attached hydrogens (tertiary/aromatic N) is 1. The number of likely N-dealkylation sites (N-methyl/N-ethyl adjacent to an activating group) is 1. The number of ketones is 1. The molecule has 21 heavy (non-hydrogen) atoms. The summed E-state index contributed by atoms with van der Waals surface area (Å²) in [7, 11) is 2.00. The van der Waals surface area contributed by atoms with Crippen molar-refractivity contribution in [2.24, 2.45) is 0 Å². The topological polar surface area (TPSA) is 36.1 Å². The summed E-state index contributed by atoms with van der Waals surface area (Å²) in [6.45, 7) is 2.76. The number of carbonyl (C=O) groups excluding carboxylic acids is 1. The van der Waals surface area contributed by atoms with Crippen LogP contribution < -0.4 is 0 Å². The number of H-pyrrole nitrogens is 1. The molecule has 3 aromatic rings. The van der Waals surface area contributed by atoms with E-state index in [0.29, 0.717) is 0 Å². The Kier molecular flexibility index (Phi) is 3.90. The zero-order valence-corrected chi connectivity index (χ0v) is 13.0. The van der Waals surface area contributed by atoms with Gasteiger partial charge in [-0.05, 0) is 42.4 Å². The quantitative estimate of drug-likeness (QED) is 0.724. The molecular formula is C17H18N2OS. The van der Waals surface area contributed by atoms with Gasteiger partial charge in [0, 0.05) is 29.2 Å². The maximum absolute atomic E-state index is 12.7. The molecule has 0 spiro atoms. The van der Waals surface area contributed by atoms with Crippen LogP contribution in [0.4, 0.5) is 0 Å². The summed E-state index contributed by atoms with van der Waals surface area (Å²) in [4.78, 5) is 18.0. The second-order valence-electron chi connectivity index (χ2n) is 5.33. The Bertz CT molecular complexity index is 745. The molecule has 1 atom stereocenters. The first-order valence-corrected chi connectivity index (χ1v) is 7.92. The van der Waals surface area contributed by atoms with E-state index in [2.05, 4.69) is 26.7 Å². The van der Waals surface area contributed by atoms with Gasteiger partial charge in [-0.3, -0.25) is 9.69 Å². The first-order valence-electron chi connectivity index (χ1n) is 6.98. The lowest BCUT2D eigenvalue weighted by atomic mass is 10.0. The molecular weight excluding hydrogens is 280 g/mol. The monoisotopic (exact) mass is 298 g/mol. The highest BCUT2D eigenvalue weighted by Crippen LogP contribution is 2.21. The summed E-state index contributed by atoms with van der Waals surface area (Å²) >= 11 is 1.68. The lowest BCUT2D eigenvalue weighted by Gasteiger charge is -2.23. The SMILES string of the molecule is C[C@H](C(=O)c1c[nH]c2ccccc12)N(C)Cc1ccsc1. The van der Waals surface area contributed by atoms with E-state index in [4.69, 9.17) is 0 Å². The van der Waals surface area contributed by atoms with E-state index in [1.165, 1.54) is 5.56 Å².